The monoisotopic (exact) mass is 368 g/mol. The predicted octanol–water partition coefficient (Wildman–Crippen LogP) is 1.72. The van der Waals surface area contributed by atoms with E-state index in [0.29, 0.717) is 30.3 Å². The molecule has 1 N–H and O–H groups in total. The van der Waals surface area contributed by atoms with E-state index in [1.165, 1.54) is 10.9 Å². The maximum absolute atomic E-state index is 13.0. The number of piperidine rings is 1. The van der Waals surface area contributed by atoms with Crippen molar-refractivity contribution in [1.82, 2.24) is 19.8 Å². The van der Waals surface area contributed by atoms with Crippen molar-refractivity contribution in [1.29, 1.82) is 0 Å². The van der Waals surface area contributed by atoms with Crippen LogP contribution in [0.4, 0.5) is 0 Å². The Labute approximate surface area is 152 Å². The number of furan rings is 1. The molecule has 1 fully saturated rings. The third-order valence-electron chi connectivity index (χ3n) is 4.75. The molecule has 1 aliphatic heterocycles. The van der Waals surface area contributed by atoms with Gasteiger partial charge in [-0.1, -0.05) is 6.92 Å². The van der Waals surface area contributed by atoms with Crippen molar-refractivity contribution in [3.05, 3.63) is 28.0 Å². The van der Waals surface area contributed by atoms with Gasteiger partial charge in [0.25, 0.3) is 11.5 Å². The molecule has 0 unspecified atom stereocenters. The smallest absolute Gasteiger partial charge is 0.265 e. The minimum absolute atomic E-state index is 0. The summed E-state index contributed by atoms with van der Waals surface area (Å²) in [6.07, 6.45) is 3.36. The Morgan fingerprint density at radius 2 is 2.08 bits per heavy atom. The summed E-state index contributed by atoms with van der Waals surface area (Å²) in [7, 11) is 1.62. The summed E-state index contributed by atoms with van der Waals surface area (Å²) in [5.74, 6) is 0.935. The second-order valence-electron chi connectivity index (χ2n) is 6.42. The molecule has 2 aromatic heterocycles. The van der Waals surface area contributed by atoms with Gasteiger partial charge in [0, 0.05) is 20.1 Å². The van der Waals surface area contributed by atoms with Gasteiger partial charge in [-0.25, -0.2) is 4.98 Å². The van der Waals surface area contributed by atoms with Crippen molar-refractivity contribution in [3.8, 4) is 0 Å². The lowest BCUT2D eigenvalue weighted by Gasteiger charge is -2.32. The van der Waals surface area contributed by atoms with Gasteiger partial charge in [-0.15, -0.1) is 12.4 Å². The van der Waals surface area contributed by atoms with Gasteiger partial charge in [0.1, 0.15) is 17.5 Å². The zero-order valence-electron chi connectivity index (χ0n) is 14.9. The standard InChI is InChI=1S/C17H24N4O3.ClH/c1-4-18-9-12-5-7-21(8-6-12)17(23)13-11(2)24-15-14(13)16(22)20(3)10-19-15;/h10,12,18H,4-9H2,1-3H3;1H. The number of likely N-dealkylation sites (tertiary alicyclic amines) is 1. The molecule has 0 bridgehead atoms. The molecule has 7 nitrogen and oxygen atoms in total. The summed E-state index contributed by atoms with van der Waals surface area (Å²) in [6, 6.07) is 0. The molecular formula is C17H25ClN4O3. The van der Waals surface area contributed by atoms with E-state index < -0.39 is 0 Å². The Morgan fingerprint density at radius 3 is 2.72 bits per heavy atom. The molecule has 3 rings (SSSR count). The highest BCUT2D eigenvalue weighted by Crippen LogP contribution is 2.25. The highest BCUT2D eigenvalue weighted by atomic mass is 35.5. The van der Waals surface area contributed by atoms with Crippen molar-refractivity contribution in [2.24, 2.45) is 13.0 Å². The van der Waals surface area contributed by atoms with Crippen LogP contribution in [0.5, 0.6) is 0 Å². The molecule has 1 saturated heterocycles. The number of carbonyl (C=O) groups excluding carboxylic acids is 1. The first kappa shape index (κ1) is 19.5. The normalized spacial score (nSPS) is 15.4. The number of aromatic nitrogens is 2. The van der Waals surface area contributed by atoms with E-state index in [2.05, 4.69) is 17.2 Å². The second-order valence-corrected chi connectivity index (χ2v) is 6.42. The first-order chi connectivity index (χ1) is 11.5. The highest BCUT2D eigenvalue weighted by molar-refractivity contribution is 6.06. The Hall–Kier alpha value is -1.86. The molecule has 1 aliphatic rings. The molecule has 2 aromatic rings. The molecule has 3 heterocycles. The summed E-state index contributed by atoms with van der Waals surface area (Å²) >= 11 is 0. The van der Waals surface area contributed by atoms with Crippen LogP contribution in [0.3, 0.4) is 0 Å². The van der Waals surface area contributed by atoms with E-state index in [1.54, 1.807) is 14.0 Å². The molecule has 25 heavy (non-hydrogen) atoms. The van der Waals surface area contributed by atoms with E-state index in [9.17, 15) is 9.59 Å². The van der Waals surface area contributed by atoms with Gasteiger partial charge in [0.15, 0.2) is 0 Å². The molecule has 0 saturated carbocycles. The molecule has 0 aromatic carbocycles. The van der Waals surface area contributed by atoms with Crippen molar-refractivity contribution in [2.45, 2.75) is 26.7 Å². The number of aryl methyl sites for hydroxylation is 2. The summed E-state index contributed by atoms with van der Waals surface area (Å²) in [5, 5.41) is 3.65. The molecule has 0 aliphatic carbocycles. The second kappa shape index (κ2) is 8.01. The summed E-state index contributed by atoms with van der Waals surface area (Å²) in [4.78, 5) is 31.3. The fourth-order valence-corrected chi connectivity index (χ4v) is 3.29. The van der Waals surface area contributed by atoms with E-state index in [0.717, 1.165) is 25.9 Å². The molecule has 8 heteroatoms. The number of carbonyl (C=O) groups is 1. The number of amides is 1. The average Bonchev–Trinajstić information content (AvgIpc) is 2.93. The van der Waals surface area contributed by atoms with Crippen LogP contribution < -0.4 is 10.9 Å². The van der Waals surface area contributed by atoms with E-state index in [1.807, 2.05) is 4.90 Å². The number of halogens is 1. The molecule has 0 spiro atoms. The lowest BCUT2D eigenvalue weighted by atomic mass is 9.96. The lowest BCUT2D eigenvalue weighted by molar-refractivity contribution is 0.0690. The molecule has 1 amide bonds. The third-order valence-corrected chi connectivity index (χ3v) is 4.75. The summed E-state index contributed by atoms with van der Waals surface area (Å²) < 4.78 is 6.91. The zero-order valence-corrected chi connectivity index (χ0v) is 15.7. The Balaban J connectivity index is 0.00000225. The van der Waals surface area contributed by atoms with Gasteiger partial charge >= 0.3 is 0 Å². The number of nitrogens with zero attached hydrogens (tertiary/aromatic N) is 3. The first-order valence-corrected chi connectivity index (χ1v) is 8.47. The largest absolute Gasteiger partial charge is 0.442 e. The van der Waals surface area contributed by atoms with Crippen LogP contribution in [0.25, 0.3) is 11.1 Å². The van der Waals surface area contributed by atoms with Crippen molar-refractivity contribution in [2.75, 3.05) is 26.2 Å². The molecule has 0 atom stereocenters. The van der Waals surface area contributed by atoms with Crippen LogP contribution in [0.1, 0.15) is 35.9 Å². The van der Waals surface area contributed by atoms with Gasteiger partial charge in [0.05, 0.1) is 5.56 Å². The minimum Gasteiger partial charge on any atom is -0.442 e. The molecule has 138 valence electrons. The van der Waals surface area contributed by atoms with Crippen LogP contribution in [0, 0.1) is 12.8 Å². The van der Waals surface area contributed by atoms with Crippen molar-refractivity contribution < 1.29 is 9.21 Å². The predicted molar refractivity (Wildman–Crippen MR) is 98.4 cm³/mol. The van der Waals surface area contributed by atoms with Gasteiger partial charge < -0.3 is 19.2 Å². The Morgan fingerprint density at radius 1 is 1.40 bits per heavy atom. The van der Waals surface area contributed by atoms with Gasteiger partial charge in [-0.3, -0.25) is 9.59 Å². The van der Waals surface area contributed by atoms with Crippen molar-refractivity contribution >= 4 is 29.4 Å². The SMILES string of the molecule is CCNCC1CCN(C(=O)c2c(C)oc3ncn(C)c(=O)c23)CC1.Cl. The van der Waals surface area contributed by atoms with E-state index >= 15 is 0 Å². The maximum atomic E-state index is 13.0. The third kappa shape index (κ3) is 3.72. The zero-order chi connectivity index (χ0) is 17.3. The maximum Gasteiger partial charge on any atom is 0.265 e. The first-order valence-electron chi connectivity index (χ1n) is 8.47. The van der Waals surface area contributed by atoms with Gasteiger partial charge in [-0.2, -0.15) is 0 Å². The molecule has 0 radical (unpaired) electrons. The summed E-state index contributed by atoms with van der Waals surface area (Å²) in [6.45, 7) is 7.20. The van der Waals surface area contributed by atoms with Gasteiger partial charge in [-0.05, 0) is 38.8 Å². The number of hydrogen-bond acceptors (Lipinski definition) is 5. The fraction of sp³-hybridized carbons (Fsp3) is 0.588. The minimum atomic E-state index is -0.248. The van der Waals surface area contributed by atoms with Crippen LogP contribution in [-0.4, -0.2) is 46.5 Å². The lowest BCUT2D eigenvalue weighted by Crippen LogP contribution is -2.41. The van der Waals surface area contributed by atoms with E-state index in [4.69, 9.17) is 4.42 Å². The van der Waals surface area contributed by atoms with E-state index in [-0.39, 0.29) is 35.0 Å². The fourth-order valence-electron chi connectivity index (χ4n) is 3.29. The number of rotatable bonds is 4. The highest BCUT2D eigenvalue weighted by Gasteiger charge is 2.29. The quantitative estimate of drug-likeness (QED) is 0.888. The number of nitrogens with one attached hydrogen (secondary N) is 1. The average molecular weight is 369 g/mol. The van der Waals surface area contributed by atoms with Crippen LogP contribution in [-0.2, 0) is 7.05 Å². The topological polar surface area (TPSA) is 80.4 Å². The Kier molecular flexibility index (Phi) is 6.24. The van der Waals surface area contributed by atoms with Crippen LogP contribution in [0.15, 0.2) is 15.5 Å². The van der Waals surface area contributed by atoms with Crippen LogP contribution >= 0.6 is 12.4 Å². The Bertz CT molecular complexity index is 806. The van der Waals surface area contributed by atoms with Crippen molar-refractivity contribution in [3.63, 3.8) is 0 Å². The van der Waals surface area contributed by atoms with Gasteiger partial charge in [0.2, 0.25) is 5.71 Å². The van der Waals surface area contributed by atoms with Crippen LogP contribution in [0.2, 0.25) is 0 Å². The number of fused-ring (bicyclic) bond motifs is 1. The molecular weight excluding hydrogens is 344 g/mol. The number of hydrogen-bond donors (Lipinski definition) is 1. The summed E-state index contributed by atoms with van der Waals surface area (Å²) in [5.41, 5.74) is 0.354.